The van der Waals surface area contributed by atoms with Crippen molar-refractivity contribution in [1.29, 1.82) is 0 Å². The van der Waals surface area contributed by atoms with Gasteiger partial charge in [0.1, 0.15) is 11.5 Å². The van der Waals surface area contributed by atoms with Crippen LogP contribution in [0.5, 0.6) is 5.75 Å². The van der Waals surface area contributed by atoms with Gasteiger partial charge in [-0.25, -0.2) is 0 Å². The van der Waals surface area contributed by atoms with Gasteiger partial charge in [0.15, 0.2) is 0 Å². The quantitative estimate of drug-likeness (QED) is 0.255. The smallest absolute Gasteiger partial charge is 0.300 e. The number of rotatable bonds is 4. The molecule has 3 aromatic carbocycles. The van der Waals surface area contributed by atoms with E-state index in [1.165, 1.54) is 12.0 Å². The van der Waals surface area contributed by atoms with Gasteiger partial charge in [-0.15, -0.1) is 0 Å². The first-order valence-electron chi connectivity index (χ1n) is 11.4. The highest BCUT2D eigenvalue weighted by Crippen LogP contribution is 2.45. The highest BCUT2D eigenvalue weighted by molar-refractivity contribution is 6.52. The molecule has 1 amide bonds. The van der Waals surface area contributed by atoms with Gasteiger partial charge in [-0.3, -0.25) is 14.5 Å². The lowest BCUT2D eigenvalue weighted by atomic mass is 9.85. The summed E-state index contributed by atoms with van der Waals surface area (Å²) < 4.78 is 5.52. The third-order valence-electron chi connectivity index (χ3n) is 6.31. The van der Waals surface area contributed by atoms with Crippen molar-refractivity contribution in [1.82, 2.24) is 0 Å². The molecule has 0 bridgehead atoms. The summed E-state index contributed by atoms with van der Waals surface area (Å²) in [7, 11) is 1.51. The van der Waals surface area contributed by atoms with Crippen LogP contribution in [0.15, 0.2) is 72.3 Å². The third-order valence-corrected chi connectivity index (χ3v) is 6.55. The molecule has 1 fully saturated rings. The van der Waals surface area contributed by atoms with Gasteiger partial charge in [0, 0.05) is 10.7 Å². The number of anilines is 1. The lowest BCUT2D eigenvalue weighted by molar-refractivity contribution is -0.132. The van der Waals surface area contributed by atoms with Crippen molar-refractivity contribution in [3.05, 3.63) is 99.6 Å². The van der Waals surface area contributed by atoms with Gasteiger partial charge >= 0.3 is 0 Å². The molecule has 1 N–H and O–H groups in total. The van der Waals surface area contributed by atoms with Crippen LogP contribution in [0.3, 0.4) is 0 Å². The maximum absolute atomic E-state index is 13.5. The largest absolute Gasteiger partial charge is 0.507 e. The molecule has 1 unspecified atom stereocenters. The normalized spacial score (nSPS) is 17.7. The number of carbonyl (C=O) groups excluding carboxylic acids is 2. The van der Waals surface area contributed by atoms with E-state index in [-0.39, 0.29) is 16.7 Å². The number of hydrogen-bond donors (Lipinski definition) is 1. The zero-order valence-corrected chi connectivity index (χ0v) is 21.2. The van der Waals surface area contributed by atoms with E-state index in [0.717, 1.165) is 11.1 Å². The van der Waals surface area contributed by atoms with Gasteiger partial charge in [0.25, 0.3) is 11.7 Å². The monoisotopic (exact) mass is 489 g/mol. The second kappa shape index (κ2) is 9.23. The predicted molar refractivity (Wildman–Crippen MR) is 139 cm³/mol. The third kappa shape index (κ3) is 4.44. The highest BCUT2D eigenvalue weighted by atomic mass is 35.5. The van der Waals surface area contributed by atoms with Crippen LogP contribution in [0.4, 0.5) is 5.69 Å². The Hall–Kier alpha value is -3.57. The van der Waals surface area contributed by atoms with E-state index < -0.39 is 17.7 Å². The van der Waals surface area contributed by atoms with E-state index in [1.807, 2.05) is 49.4 Å². The molecule has 1 saturated heterocycles. The van der Waals surface area contributed by atoms with Crippen molar-refractivity contribution >= 4 is 34.7 Å². The van der Waals surface area contributed by atoms with Crippen LogP contribution >= 0.6 is 11.6 Å². The van der Waals surface area contributed by atoms with Crippen LogP contribution in [0.2, 0.25) is 5.02 Å². The standard InChI is InChI=1S/C29H28ClNO4/c1-17-11-13-20(30)16-22(17)31-25(18-9-7-6-8-10-18)24(27(33)28(31)34)26(32)21-15-19(29(2,3)4)12-14-23(21)35-5/h6-16,25,32H,1-5H3/b26-24+. The average molecular weight is 490 g/mol. The topological polar surface area (TPSA) is 66.8 Å². The molecule has 5 nitrogen and oxygen atoms in total. The predicted octanol–water partition coefficient (Wildman–Crippen LogP) is 6.58. The Kier molecular flexibility index (Phi) is 6.48. The maximum atomic E-state index is 13.5. The molecule has 0 saturated carbocycles. The molecule has 6 heteroatoms. The SMILES string of the molecule is COc1ccc(C(C)(C)C)cc1/C(O)=C1\C(=O)C(=O)N(c2cc(Cl)ccc2C)C1c1ccccc1. The molecule has 35 heavy (non-hydrogen) atoms. The van der Waals surface area contributed by atoms with E-state index in [1.54, 1.807) is 24.3 Å². The maximum Gasteiger partial charge on any atom is 0.300 e. The highest BCUT2D eigenvalue weighted by Gasteiger charge is 2.47. The summed E-state index contributed by atoms with van der Waals surface area (Å²) in [4.78, 5) is 28.3. The molecule has 1 aliphatic heterocycles. The van der Waals surface area contributed by atoms with E-state index in [2.05, 4.69) is 20.8 Å². The first-order valence-corrected chi connectivity index (χ1v) is 11.7. The summed E-state index contributed by atoms with van der Waals surface area (Å²) >= 11 is 6.27. The number of amides is 1. The Morgan fingerprint density at radius 2 is 1.69 bits per heavy atom. The van der Waals surface area contributed by atoms with Crippen molar-refractivity contribution in [2.24, 2.45) is 0 Å². The minimum Gasteiger partial charge on any atom is -0.507 e. The van der Waals surface area contributed by atoms with Gasteiger partial charge < -0.3 is 9.84 Å². The average Bonchev–Trinajstić information content (AvgIpc) is 3.10. The van der Waals surface area contributed by atoms with Crippen LogP contribution in [0, 0.1) is 6.92 Å². The fraction of sp³-hybridized carbons (Fsp3) is 0.241. The minimum absolute atomic E-state index is 0.00457. The van der Waals surface area contributed by atoms with Gasteiger partial charge in [0.05, 0.1) is 24.3 Å². The van der Waals surface area contributed by atoms with Crippen molar-refractivity contribution in [3.8, 4) is 5.75 Å². The lowest BCUT2D eigenvalue weighted by Crippen LogP contribution is -2.30. The number of ketones is 1. The van der Waals surface area contributed by atoms with Crippen LogP contribution in [0.25, 0.3) is 5.76 Å². The summed E-state index contributed by atoms with van der Waals surface area (Å²) in [5.41, 5.74) is 3.11. The summed E-state index contributed by atoms with van der Waals surface area (Å²) in [6.45, 7) is 8.03. The molecule has 1 aliphatic rings. The number of benzene rings is 3. The zero-order chi connectivity index (χ0) is 25.5. The van der Waals surface area contributed by atoms with Gasteiger partial charge in [-0.05, 0) is 53.3 Å². The Balaban J connectivity index is 2.02. The number of ether oxygens (including phenoxy) is 1. The molecule has 4 rings (SSSR count). The summed E-state index contributed by atoms with van der Waals surface area (Å²) in [6, 6.07) is 19.1. The Bertz CT molecular complexity index is 1340. The first kappa shape index (κ1) is 24.6. The summed E-state index contributed by atoms with van der Waals surface area (Å²) in [5.74, 6) is -1.36. The number of methoxy groups -OCH3 is 1. The van der Waals surface area contributed by atoms with E-state index >= 15 is 0 Å². The summed E-state index contributed by atoms with van der Waals surface area (Å²) in [5, 5.41) is 12.0. The molecule has 0 aliphatic carbocycles. The number of carbonyl (C=O) groups is 2. The molecule has 0 spiro atoms. The van der Waals surface area contributed by atoms with Crippen LogP contribution in [-0.4, -0.2) is 23.9 Å². The Morgan fingerprint density at radius 3 is 2.31 bits per heavy atom. The van der Waals surface area contributed by atoms with Crippen LogP contribution in [-0.2, 0) is 15.0 Å². The number of nitrogens with zero attached hydrogens (tertiary/aromatic N) is 1. The van der Waals surface area contributed by atoms with Gasteiger partial charge in [0.2, 0.25) is 0 Å². The van der Waals surface area contributed by atoms with E-state index in [0.29, 0.717) is 27.6 Å². The van der Waals surface area contributed by atoms with Crippen molar-refractivity contribution in [2.75, 3.05) is 12.0 Å². The molecule has 1 heterocycles. The number of hydrogen-bond acceptors (Lipinski definition) is 4. The fourth-order valence-electron chi connectivity index (χ4n) is 4.38. The lowest BCUT2D eigenvalue weighted by Gasteiger charge is -2.27. The second-order valence-corrected chi connectivity index (χ2v) is 10.1. The molecular weight excluding hydrogens is 462 g/mol. The summed E-state index contributed by atoms with van der Waals surface area (Å²) in [6.07, 6.45) is 0. The van der Waals surface area contributed by atoms with E-state index in [4.69, 9.17) is 16.3 Å². The molecule has 1 atom stereocenters. The van der Waals surface area contributed by atoms with Gasteiger partial charge in [-0.1, -0.05) is 74.8 Å². The van der Waals surface area contributed by atoms with Gasteiger partial charge in [-0.2, -0.15) is 0 Å². The van der Waals surface area contributed by atoms with Crippen LogP contribution < -0.4 is 9.64 Å². The Morgan fingerprint density at radius 1 is 1.00 bits per heavy atom. The number of Topliss-reactive ketones (excluding diaryl/α,β-unsaturated/α-hetero) is 1. The number of halogens is 1. The molecule has 3 aromatic rings. The zero-order valence-electron chi connectivity index (χ0n) is 20.4. The number of aliphatic hydroxyl groups is 1. The van der Waals surface area contributed by atoms with E-state index in [9.17, 15) is 14.7 Å². The second-order valence-electron chi connectivity index (χ2n) is 9.68. The first-order chi connectivity index (χ1) is 16.5. The van der Waals surface area contributed by atoms with Crippen molar-refractivity contribution < 1.29 is 19.4 Å². The minimum atomic E-state index is -0.837. The molecule has 0 radical (unpaired) electrons. The van der Waals surface area contributed by atoms with Crippen molar-refractivity contribution in [3.63, 3.8) is 0 Å². The van der Waals surface area contributed by atoms with Crippen molar-refractivity contribution in [2.45, 2.75) is 39.2 Å². The van der Waals surface area contributed by atoms with Crippen LogP contribution in [0.1, 0.15) is 49.1 Å². The molecule has 0 aromatic heterocycles. The molecule has 180 valence electrons. The number of aryl methyl sites for hydroxylation is 1. The fourth-order valence-corrected chi connectivity index (χ4v) is 4.54. The number of aliphatic hydroxyl groups excluding tert-OH is 1. The Labute approximate surface area is 210 Å². The molecular formula is C29H28ClNO4.